The Morgan fingerprint density at radius 1 is 0.872 bits per heavy atom. The van der Waals surface area contributed by atoms with Crippen LogP contribution in [0.15, 0.2) is 55.0 Å². The van der Waals surface area contributed by atoms with Gasteiger partial charge in [0.1, 0.15) is 11.5 Å². The molecule has 39 heavy (non-hydrogen) atoms. The third-order valence-corrected chi connectivity index (χ3v) is 8.11. The average molecular weight is 524 g/mol. The van der Waals surface area contributed by atoms with E-state index in [4.69, 9.17) is 0 Å². The molecule has 0 atom stereocenters. The number of piperazine rings is 1. The van der Waals surface area contributed by atoms with Gasteiger partial charge in [-0.15, -0.1) is 0 Å². The highest BCUT2D eigenvalue weighted by molar-refractivity contribution is 6.06. The van der Waals surface area contributed by atoms with E-state index >= 15 is 0 Å². The van der Waals surface area contributed by atoms with Crippen LogP contribution in [0.3, 0.4) is 0 Å². The number of aromatic amines is 1. The normalized spacial score (nSPS) is 16.6. The highest BCUT2D eigenvalue weighted by Crippen LogP contribution is 2.29. The van der Waals surface area contributed by atoms with Gasteiger partial charge in [0, 0.05) is 69.0 Å². The number of hydrogen-bond acceptors (Lipinski definition) is 7. The van der Waals surface area contributed by atoms with Crippen molar-refractivity contribution in [1.82, 2.24) is 25.1 Å². The number of likely N-dealkylation sites (N-methyl/N-ethyl adjacent to an activating group) is 1. The lowest BCUT2D eigenvalue weighted by Gasteiger charge is -2.33. The third-order valence-electron chi connectivity index (χ3n) is 8.11. The second kappa shape index (κ2) is 11.5. The van der Waals surface area contributed by atoms with Gasteiger partial charge in [-0.2, -0.15) is 5.10 Å². The summed E-state index contributed by atoms with van der Waals surface area (Å²) in [6, 6.07) is 12.6. The maximum Gasteiger partial charge on any atom is 0.183 e. The molecule has 2 aliphatic rings. The molecule has 1 N–H and O–H groups in total. The van der Waals surface area contributed by atoms with Gasteiger partial charge in [0.25, 0.3) is 0 Å². The predicted molar refractivity (Wildman–Crippen MR) is 157 cm³/mol. The number of H-pyrrole nitrogens is 1. The Bertz CT molecular complexity index is 1420. The SMILES string of the molecule is CN1CCN(c2ccc(CCCC(=O)c3n[nH]c4ccc(-c5cncc(N6CCCCC6)c5)cc34)cn2)CC1. The number of benzene rings is 1. The summed E-state index contributed by atoms with van der Waals surface area (Å²) < 4.78 is 0. The molecule has 3 aromatic heterocycles. The highest BCUT2D eigenvalue weighted by atomic mass is 16.1. The van der Waals surface area contributed by atoms with E-state index in [1.807, 2.05) is 24.7 Å². The molecule has 2 fully saturated rings. The number of piperidine rings is 1. The Kier molecular flexibility index (Phi) is 7.54. The lowest BCUT2D eigenvalue weighted by molar-refractivity contribution is 0.0977. The minimum absolute atomic E-state index is 0.0700. The molecule has 6 rings (SSSR count). The topological polar surface area (TPSA) is 81.2 Å². The number of aromatic nitrogens is 4. The van der Waals surface area contributed by atoms with E-state index in [0.717, 1.165) is 85.5 Å². The van der Waals surface area contributed by atoms with Crippen LogP contribution in [0.25, 0.3) is 22.0 Å². The Morgan fingerprint density at radius 2 is 1.72 bits per heavy atom. The summed E-state index contributed by atoms with van der Waals surface area (Å²) in [5, 5.41) is 8.32. The molecule has 5 heterocycles. The van der Waals surface area contributed by atoms with Gasteiger partial charge in [-0.25, -0.2) is 4.98 Å². The molecule has 2 saturated heterocycles. The quantitative estimate of drug-likeness (QED) is 0.327. The predicted octanol–water partition coefficient (Wildman–Crippen LogP) is 4.97. The molecule has 202 valence electrons. The van der Waals surface area contributed by atoms with Crippen molar-refractivity contribution in [2.24, 2.45) is 0 Å². The van der Waals surface area contributed by atoms with Crippen molar-refractivity contribution in [3.05, 3.63) is 66.2 Å². The van der Waals surface area contributed by atoms with Gasteiger partial charge in [0.15, 0.2) is 5.78 Å². The summed E-state index contributed by atoms with van der Waals surface area (Å²) >= 11 is 0. The highest BCUT2D eigenvalue weighted by Gasteiger charge is 2.17. The molecule has 2 aliphatic heterocycles. The lowest BCUT2D eigenvalue weighted by atomic mass is 10.0. The summed E-state index contributed by atoms with van der Waals surface area (Å²) in [4.78, 5) is 29.5. The van der Waals surface area contributed by atoms with E-state index in [-0.39, 0.29) is 5.78 Å². The van der Waals surface area contributed by atoms with Crippen LogP contribution in [-0.2, 0) is 6.42 Å². The molecule has 1 aromatic carbocycles. The number of nitrogens with one attached hydrogen (secondary N) is 1. The summed E-state index contributed by atoms with van der Waals surface area (Å²) in [6.45, 7) is 6.32. The van der Waals surface area contributed by atoms with Crippen LogP contribution in [-0.4, -0.2) is 77.2 Å². The van der Waals surface area contributed by atoms with Crippen LogP contribution in [0.4, 0.5) is 11.5 Å². The van der Waals surface area contributed by atoms with Gasteiger partial charge < -0.3 is 14.7 Å². The molecular weight excluding hydrogens is 486 g/mol. The van der Waals surface area contributed by atoms with Gasteiger partial charge in [0.2, 0.25) is 0 Å². The number of anilines is 2. The zero-order chi connectivity index (χ0) is 26.6. The van der Waals surface area contributed by atoms with E-state index in [0.29, 0.717) is 12.1 Å². The Balaban J connectivity index is 1.10. The van der Waals surface area contributed by atoms with Crippen molar-refractivity contribution >= 4 is 28.2 Å². The fourth-order valence-electron chi connectivity index (χ4n) is 5.68. The van der Waals surface area contributed by atoms with Crippen molar-refractivity contribution in [2.75, 3.05) is 56.1 Å². The Morgan fingerprint density at radius 3 is 2.51 bits per heavy atom. The van der Waals surface area contributed by atoms with Gasteiger partial charge in [-0.1, -0.05) is 12.1 Å². The average Bonchev–Trinajstić information content (AvgIpc) is 3.42. The molecule has 8 heteroatoms. The molecule has 4 aromatic rings. The first kappa shape index (κ1) is 25.5. The third kappa shape index (κ3) is 5.81. The zero-order valence-corrected chi connectivity index (χ0v) is 22.8. The zero-order valence-electron chi connectivity index (χ0n) is 22.8. The number of hydrogen-bond donors (Lipinski definition) is 1. The summed E-state index contributed by atoms with van der Waals surface area (Å²) in [6.07, 6.45) is 11.6. The number of aryl methyl sites for hydroxylation is 1. The van der Waals surface area contributed by atoms with Crippen LogP contribution < -0.4 is 9.80 Å². The van der Waals surface area contributed by atoms with Crippen LogP contribution >= 0.6 is 0 Å². The second-order valence-corrected chi connectivity index (χ2v) is 10.9. The van der Waals surface area contributed by atoms with Gasteiger partial charge in [0.05, 0.1) is 17.4 Å². The van der Waals surface area contributed by atoms with Gasteiger partial charge in [-0.05, 0) is 74.5 Å². The number of ketones is 1. The fourth-order valence-corrected chi connectivity index (χ4v) is 5.68. The minimum atomic E-state index is 0.0700. The first-order chi connectivity index (χ1) is 19.1. The van der Waals surface area contributed by atoms with Crippen LogP contribution in [0.5, 0.6) is 0 Å². The van der Waals surface area contributed by atoms with E-state index in [1.54, 1.807) is 0 Å². The van der Waals surface area contributed by atoms with Crippen molar-refractivity contribution in [1.29, 1.82) is 0 Å². The first-order valence-electron chi connectivity index (χ1n) is 14.2. The Hall–Kier alpha value is -3.78. The van der Waals surface area contributed by atoms with Crippen molar-refractivity contribution in [2.45, 2.75) is 38.5 Å². The second-order valence-electron chi connectivity index (χ2n) is 10.9. The van der Waals surface area contributed by atoms with E-state index in [2.05, 4.69) is 72.2 Å². The standard InChI is InChI=1S/C31H37N7O/c1-36-14-16-38(17-15-36)30-11-8-23(20-33-30)6-5-7-29(39)31-27-19-24(9-10-28(27)34-35-31)25-18-26(22-32-21-25)37-12-3-2-4-13-37/h8-11,18-22H,2-7,12-17H2,1H3,(H,34,35). The lowest BCUT2D eigenvalue weighted by Crippen LogP contribution is -2.44. The van der Waals surface area contributed by atoms with Crippen LogP contribution in [0.2, 0.25) is 0 Å². The molecule has 0 saturated carbocycles. The number of pyridine rings is 2. The number of carbonyl (C=O) groups is 1. The maximum absolute atomic E-state index is 13.2. The first-order valence-corrected chi connectivity index (χ1v) is 14.2. The number of nitrogens with zero attached hydrogens (tertiary/aromatic N) is 6. The molecule has 0 unspecified atom stereocenters. The van der Waals surface area contributed by atoms with Crippen molar-refractivity contribution < 1.29 is 4.79 Å². The number of carbonyl (C=O) groups excluding carboxylic acids is 1. The van der Waals surface area contributed by atoms with Gasteiger partial charge >= 0.3 is 0 Å². The molecule has 0 spiro atoms. The van der Waals surface area contributed by atoms with E-state index < -0.39 is 0 Å². The Labute approximate surface area is 230 Å². The smallest absolute Gasteiger partial charge is 0.183 e. The van der Waals surface area contributed by atoms with E-state index in [1.165, 1.54) is 24.9 Å². The molecule has 8 nitrogen and oxygen atoms in total. The minimum Gasteiger partial charge on any atom is -0.370 e. The number of fused-ring (bicyclic) bond motifs is 1. The van der Waals surface area contributed by atoms with Crippen LogP contribution in [0, 0.1) is 0 Å². The molecule has 0 radical (unpaired) electrons. The number of rotatable bonds is 8. The van der Waals surface area contributed by atoms with Crippen molar-refractivity contribution in [3.63, 3.8) is 0 Å². The van der Waals surface area contributed by atoms with Crippen LogP contribution in [0.1, 0.15) is 48.2 Å². The van der Waals surface area contributed by atoms with Gasteiger partial charge in [-0.3, -0.25) is 14.9 Å². The molecular formula is C31H37N7O. The summed E-state index contributed by atoms with van der Waals surface area (Å²) in [5.74, 6) is 1.11. The largest absolute Gasteiger partial charge is 0.370 e. The molecule has 0 amide bonds. The maximum atomic E-state index is 13.2. The fraction of sp³-hybridized carbons (Fsp3) is 0.419. The molecule has 0 bridgehead atoms. The monoisotopic (exact) mass is 523 g/mol. The molecule has 0 aliphatic carbocycles. The van der Waals surface area contributed by atoms with Crippen molar-refractivity contribution in [3.8, 4) is 11.1 Å². The number of Topliss-reactive ketones (excluding diaryl/α,β-unsaturated/α-hetero) is 1. The van der Waals surface area contributed by atoms with E-state index in [9.17, 15) is 4.79 Å². The summed E-state index contributed by atoms with van der Waals surface area (Å²) in [7, 11) is 2.16. The summed E-state index contributed by atoms with van der Waals surface area (Å²) in [5.41, 5.74) is 5.85.